The van der Waals surface area contributed by atoms with E-state index in [9.17, 15) is 5.11 Å². The lowest BCUT2D eigenvalue weighted by atomic mass is 10.1. The fourth-order valence-electron chi connectivity index (χ4n) is 1.86. The first-order valence-corrected chi connectivity index (χ1v) is 6.83. The number of halogens is 1. The summed E-state index contributed by atoms with van der Waals surface area (Å²) in [6, 6.07) is 2.08. The van der Waals surface area contributed by atoms with Gasteiger partial charge in [-0.3, -0.25) is 0 Å². The Bertz CT molecular complexity index is 393. The summed E-state index contributed by atoms with van der Waals surface area (Å²) in [6.07, 6.45) is 2.80. The van der Waals surface area contributed by atoms with E-state index in [1.54, 1.807) is 6.92 Å². The van der Waals surface area contributed by atoms with Crippen LogP contribution in [-0.2, 0) is 0 Å². The molecule has 1 aliphatic carbocycles. The van der Waals surface area contributed by atoms with E-state index in [0.29, 0.717) is 12.3 Å². The van der Waals surface area contributed by atoms with Crippen LogP contribution in [0.5, 0.6) is 0 Å². The zero-order chi connectivity index (χ0) is 12.4. The summed E-state index contributed by atoms with van der Waals surface area (Å²) in [5.74, 6) is 2.30. The lowest BCUT2D eigenvalue weighted by Gasteiger charge is -2.16. The Morgan fingerprint density at radius 3 is 2.76 bits per heavy atom. The van der Waals surface area contributed by atoms with Gasteiger partial charge < -0.3 is 10.4 Å². The van der Waals surface area contributed by atoms with Crippen molar-refractivity contribution in [3.8, 4) is 0 Å². The van der Waals surface area contributed by atoms with E-state index in [2.05, 4.69) is 31.2 Å². The van der Waals surface area contributed by atoms with Gasteiger partial charge in [-0.2, -0.15) is 0 Å². The maximum absolute atomic E-state index is 9.33. The Morgan fingerprint density at radius 2 is 2.18 bits per heavy atom. The summed E-state index contributed by atoms with van der Waals surface area (Å²) in [5, 5.41) is 12.6. The van der Waals surface area contributed by atoms with Crippen molar-refractivity contribution >= 4 is 21.7 Å². The van der Waals surface area contributed by atoms with Crippen LogP contribution in [0, 0.1) is 0 Å². The second-order valence-corrected chi connectivity index (χ2v) is 5.65. The van der Waals surface area contributed by atoms with Crippen molar-refractivity contribution in [2.24, 2.45) is 0 Å². The molecule has 4 nitrogen and oxygen atoms in total. The fourth-order valence-corrected chi connectivity index (χ4v) is 2.25. The molecule has 1 saturated carbocycles. The highest BCUT2D eigenvalue weighted by Crippen LogP contribution is 2.38. The van der Waals surface area contributed by atoms with Crippen molar-refractivity contribution in [2.75, 3.05) is 5.32 Å². The van der Waals surface area contributed by atoms with Gasteiger partial charge in [-0.1, -0.05) is 0 Å². The number of anilines is 1. The molecular formula is C12H18BrN3O. The Labute approximate surface area is 110 Å². The van der Waals surface area contributed by atoms with Crippen LogP contribution in [-0.4, -0.2) is 27.2 Å². The lowest BCUT2D eigenvalue weighted by Crippen LogP contribution is -2.21. The van der Waals surface area contributed by atoms with Gasteiger partial charge >= 0.3 is 0 Å². The highest BCUT2D eigenvalue weighted by Gasteiger charge is 2.27. The molecular weight excluding hydrogens is 282 g/mol. The molecule has 0 aromatic carbocycles. The van der Waals surface area contributed by atoms with E-state index in [0.717, 1.165) is 16.2 Å². The van der Waals surface area contributed by atoms with Crippen LogP contribution in [0.2, 0.25) is 0 Å². The third-order valence-corrected chi connectivity index (χ3v) is 3.15. The summed E-state index contributed by atoms with van der Waals surface area (Å²) in [5.41, 5.74) is 0. The van der Waals surface area contributed by atoms with Crippen molar-refractivity contribution in [1.82, 2.24) is 9.97 Å². The third-order valence-electron chi connectivity index (χ3n) is 2.74. The van der Waals surface area contributed by atoms with E-state index in [1.165, 1.54) is 12.8 Å². The number of hydrogen-bond donors (Lipinski definition) is 2. The maximum atomic E-state index is 9.33. The van der Waals surface area contributed by atoms with E-state index in [-0.39, 0.29) is 12.1 Å². The molecule has 2 N–H and O–H groups in total. The summed E-state index contributed by atoms with van der Waals surface area (Å²) >= 11 is 3.41. The summed E-state index contributed by atoms with van der Waals surface area (Å²) in [6.45, 7) is 3.84. The molecule has 2 rings (SSSR count). The molecule has 1 aromatic heterocycles. The van der Waals surface area contributed by atoms with Crippen molar-refractivity contribution in [3.63, 3.8) is 0 Å². The summed E-state index contributed by atoms with van der Waals surface area (Å²) < 4.78 is 0.821. The molecule has 0 bridgehead atoms. The van der Waals surface area contributed by atoms with E-state index < -0.39 is 0 Å². The predicted molar refractivity (Wildman–Crippen MR) is 71.1 cm³/mol. The quantitative estimate of drug-likeness (QED) is 0.821. The Hall–Kier alpha value is -0.680. The van der Waals surface area contributed by atoms with Crippen molar-refractivity contribution in [2.45, 2.75) is 51.2 Å². The zero-order valence-electron chi connectivity index (χ0n) is 10.2. The van der Waals surface area contributed by atoms with Gasteiger partial charge in [0.15, 0.2) is 0 Å². The third kappa shape index (κ3) is 3.92. The largest absolute Gasteiger partial charge is 0.393 e. The first-order valence-electron chi connectivity index (χ1n) is 6.03. The molecule has 2 unspecified atom stereocenters. The second-order valence-electron chi connectivity index (χ2n) is 4.84. The number of nitrogens with one attached hydrogen (secondary N) is 1. The standard InChI is InChI=1S/C12H18BrN3O/c1-7(5-8(2)17)14-11-6-10(13)15-12(16-11)9-3-4-9/h6-9,17H,3-5H2,1-2H3,(H,14,15,16). The smallest absolute Gasteiger partial charge is 0.135 e. The first-order chi connectivity index (χ1) is 8.04. The molecule has 1 aromatic rings. The van der Waals surface area contributed by atoms with E-state index >= 15 is 0 Å². The van der Waals surface area contributed by atoms with Crippen molar-refractivity contribution in [1.29, 1.82) is 0 Å². The first kappa shape index (κ1) is 12.8. The molecule has 5 heteroatoms. The Balaban J connectivity index is 2.04. The summed E-state index contributed by atoms with van der Waals surface area (Å²) in [7, 11) is 0. The molecule has 0 radical (unpaired) electrons. The molecule has 1 heterocycles. The molecule has 94 valence electrons. The predicted octanol–water partition coefficient (Wildman–Crippen LogP) is 2.69. The van der Waals surface area contributed by atoms with Gasteiger partial charge in [0, 0.05) is 18.0 Å². The Kier molecular flexibility index (Phi) is 3.99. The highest BCUT2D eigenvalue weighted by molar-refractivity contribution is 9.10. The number of nitrogens with zero attached hydrogens (tertiary/aromatic N) is 2. The second kappa shape index (κ2) is 5.31. The van der Waals surface area contributed by atoms with Crippen molar-refractivity contribution < 1.29 is 5.11 Å². The number of rotatable bonds is 5. The topological polar surface area (TPSA) is 58.0 Å². The fraction of sp³-hybridized carbons (Fsp3) is 0.667. The Morgan fingerprint density at radius 1 is 1.47 bits per heavy atom. The molecule has 0 aliphatic heterocycles. The van der Waals surface area contributed by atoms with Crippen LogP contribution >= 0.6 is 15.9 Å². The van der Waals surface area contributed by atoms with E-state index in [1.807, 2.05) is 13.0 Å². The molecule has 1 aliphatic rings. The molecule has 0 saturated heterocycles. The average Bonchev–Trinajstić information content (AvgIpc) is 2.97. The summed E-state index contributed by atoms with van der Waals surface area (Å²) in [4.78, 5) is 8.89. The van der Waals surface area contributed by atoms with Crippen molar-refractivity contribution in [3.05, 3.63) is 16.5 Å². The normalized spacial score (nSPS) is 18.8. The highest BCUT2D eigenvalue weighted by atomic mass is 79.9. The van der Waals surface area contributed by atoms with Gasteiger partial charge in [0.2, 0.25) is 0 Å². The van der Waals surface area contributed by atoms with Crippen LogP contribution in [0.3, 0.4) is 0 Å². The van der Waals surface area contributed by atoms with Crippen LogP contribution in [0.15, 0.2) is 10.7 Å². The molecule has 2 atom stereocenters. The van der Waals surface area contributed by atoms with Gasteiger partial charge in [0.25, 0.3) is 0 Å². The molecule has 0 amide bonds. The van der Waals surface area contributed by atoms with Crippen LogP contribution in [0.25, 0.3) is 0 Å². The number of hydrogen-bond acceptors (Lipinski definition) is 4. The van der Waals surface area contributed by atoms with Crippen LogP contribution < -0.4 is 5.32 Å². The van der Waals surface area contributed by atoms with Gasteiger partial charge in [0.1, 0.15) is 16.2 Å². The number of aliphatic hydroxyl groups excluding tert-OH is 1. The molecule has 1 fully saturated rings. The van der Waals surface area contributed by atoms with Crippen LogP contribution in [0.1, 0.15) is 44.9 Å². The van der Waals surface area contributed by atoms with Gasteiger partial charge in [-0.15, -0.1) is 0 Å². The van der Waals surface area contributed by atoms with Gasteiger partial charge in [0.05, 0.1) is 6.10 Å². The number of aromatic nitrogens is 2. The number of aliphatic hydroxyl groups is 1. The van der Waals surface area contributed by atoms with Gasteiger partial charge in [-0.25, -0.2) is 9.97 Å². The van der Waals surface area contributed by atoms with E-state index in [4.69, 9.17) is 0 Å². The minimum absolute atomic E-state index is 0.198. The maximum Gasteiger partial charge on any atom is 0.135 e. The average molecular weight is 300 g/mol. The lowest BCUT2D eigenvalue weighted by molar-refractivity contribution is 0.179. The van der Waals surface area contributed by atoms with Crippen LogP contribution in [0.4, 0.5) is 5.82 Å². The molecule has 0 spiro atoms. The minimum atomic E-state index is -0.300. The minimum Gasteiger partial charge on any atom is -0.393 e. The SMILES string of the molecule is CC(O)CC(C)Nc1cc(Br)nc(C2CC2)n1. The zero-order valence-corrected chi connectivity index (χ0v) is 11.7. The van der Waals surface area contributed by atoms with Gasteiger partial charge in [-0.05, 0) is 49.0 Å². The monoisotopic (exact) mass is 299 g/mol. The molecule has 17 heavy (non-hydrogen) atoms.